The van der Waals surface area contributed by atoms with Gasteiger partial charge in [-0.3, -0.25) is 14.4 Å². The van der Waals surface area contributed by atoms with Crippen LogP contribution in [-0.4, -0.2) is 72.9 Å². The van der Waals surface area contributed by atoms with Crippen LogP contribution in [-0.2, 0) is 19.2 Å². The van der Waals surface area contributed by atoms with Crippen molar-refractivity contribution in [2.75, 3.05) is 37.8 Å². The molecule has 1 aromatic carbocycles. The second-order valence-corrected chi connectivity index (χ2v) is 10.4. The number of carbonyl (C=O) groups is 4. The summed E-state index contributed by atoms with van der Waals surface area (Å²) in [5.74, 6) is 1.04. The van der Waals surface area contributed by atoms with Gasteiger partial charge in [0.25, 0.3) is 0 Å². The third-order valence-corrected chi connectivity index (χ3v) is 7.23. The van der Waals surface area contributed by atoms with Crippen molar-refractivity contribution < 1.29 is 19.2 Å². The summed E-state index contributed by atoms with van der Waals surface area (Å²) in [5, 5.41) is 8.46. The maximum Gasteiger partial charge on any atom is 0.225 e. The number of thiazole rings is 1. The quantitative estimate of drug-likeness (QED) is 0.389. The first-order valence-corrected chi connectivity index (χ1v) is 13.1. The molecule has 2 saturated heterocycles. The molecular formula is C23H33N5O4S2. The maximum absolute atomic E-state index is 11.5. The van der Waals surface area contributed by atoms with Crippen molar-refractivity contribution in [3.05, 3.63) is 18.2 Å². The zero-order valence-electron chi connectivity index (χ0n) is 19.8. The molecule has 2 aliphatic heterocycles. The van der Waals surface area contributed by atoms with Crippen LogP contribution in [0.15, 0.2) is 22.5 Å². The molecule has 186 valence electrons. The minimum atomic E-state index is 0.139. The number of amides is 3. The van der Waals surface area contributed by atoms with Crippen LogP contribution in [0, 0.1) is 5.92 Å². The Balaban J connectivity index is 0.000000199. The average molecular weight is 508 g/mol. The molecule has 1 aromatic heterocycles. The molecule has 9 nitrogen and oxygen atoms in total. The maximum atomic E-state index is 11.5. The Morgan fingerprint density at radius 2 is 2.18 bits per heavy atom. The van der Waals surface area contributed by atoms with E-state index in [1.54, 1.807) is 6.07 Å². The Hall–Kier alpha value is -2.50. The van der Waals surface area contributed by atoms with Crippen molar-refractivity contribution in [3.8, 4) is 0 Å². The van der Waals surface area contributed by atoms with E-state index in [-0.39, 0.29) is 17.7 Å². The first-order valence-electron chi connectivity index (χ1n) is 11.3. The van der Waals surface area contributed by atoms with E-state index in [9.17, 15) is 19.2 Å². The van der Waals surface area contributed by atoms with E-state index in [0.29, 0.717) is 18.2 Å². The van der Waals surface area contributed by atoms with Gasteiger partial charge in [-0.2, -0.15) is 0 Å². The van der Waals surface area contributed by atoms with Crippen molar-refractivity contribution in [1.82, 2.24) is 20.5 Å². The Labute approximate surface area is 208 Å². The molecule has 0 radical (unpaired) electrons. The SMILES string of the molecule is CNC1CCN(C(=O)C(C)C)C1.O=C1CCCN1.O=CCSc1nc2ccc(NC=O)cc2s1. The predicted octanol–water partition coefficient (Wildman–Crippen LogP) is 2.51. The van der Waals surface area contributed by atoms with E-state index in [1.807, 2.05) is 37.9 Å². The van der Waals surface area contributed by atoms with Gasteiger partial charge in [-0.1, -0.05) is 25.6 Å². The van der Waals surface area contributed by atoms with Gasteiger partial charge in [0.05, 0.1) is 16.0 Å². The average Bonchev–Trinajstić information content (AvgIpc) is 3.58. The van der Waals surface area contributed by atoms with Crippen LogP contribution < -0.4 is 16.0 Å². The normalized spacial score (nSPS) is 16.9. The summed E-state index contributed by atoms with van der Waals surface area (Å²) in [5.41, 5.74) is 1.63. The Bertz CT molecular complexity index is 958. The zero-order valence-corrected chi connectivity index (χ0v) is 21.5. The minimum absolute atomic E-state index is 0.139. The van der Waals surface area contributed by atoms with Crippen molar-refractivity contribution in [2.24, 2.45) is 5.92 Å². The zero-order chi connectivity index (χ0) is 24.9. The highest BCUT2D eigenvalue weighted by molar-refractivity contribution is 8.01. The first kappa shape index (κ1) is 27.7. The molecule has 0 aliphatic carbocycles. The highest BCUT2D eigenvalue weighted by Gasteiger charge is 2.26. The summed E-state index contributed by atoms with van der Waals surface area (Å²) in [6.45, 7) is 6.60. The summed E-state index contributed by atoms with van der Waals surface area (Å²) in [6.07, 6.45) is 4.36. The fourth-order valence-electron chi connectivity index (χ4n) is 3.35. The molecule has 3 heterocycles. The fourth-order valence-corrected chi connectivity index (χ4v) is 5.17. The van der Waals surface area contributed by atoms with Gasteiger partial charge in [0.15, 0.2) is 4.34 Å². The first-order chi connectivity index (χ1) is 16.4. The van der Waals surface area contributed by atoms with Crippen LogP contribution in [0.4, 0.5) is 5.69 Å². The number of hydrogen-bond donors (Lipinski definition) is 3. The summed E-state index contributed by atoms with van der Waals surface area (Å²) in [7, 11) is 1.95. The largest absolute Gasteiger partial charge is 0.356 e. The van der Waals surface area contributed by atoms with Crippen LogP contribution in [0.5, 0.6) is 0 Å². The number of hydrogen-bond acceptors (Lipinski definition) is 8. The molecule has 3 amide bonds. The molecule has 11 heteroatoms. The van der Waals surface area contributed by atoms with Gasteiger partial charge in [0, 0.05) is 43.7 Å². The van der Waals surface area contributed by atoms with Gasteiger partial charge in [0.2, 0.25) is 18.2 Å². The number of rotatable bonds is 7. The van der Waals surface area contributed by atoms with Gasteiger partial charge >= 0.3 is 0 Å². The van der Waals surface area contributed by atoms with E-state index in [0.717, 1.165) is 65.4 Å². The number of nitrogens with one attached hydrogen (secondary N) is 3. The summed E-state index contributed by atoms with van der Waals surface area (Å²) in [4.78, 5) is 48.5. The molecule has 0 bridgehead atoms. The fraction of sp³-hybridized carbons (Fsp3) is 0.522. The summed E-state index contributed by atoms with van der Waals surface area (Å²) >= 11 is 2.93. The Kier molecular flexibility index (Phi) is 12.0. The van der Waals surface area contributed by atoms with Crippen LogP contribution >= 0.6 is 23.1 Å². The number of likely N-dealkylation sites (tertiary alicyclic amines) is 1. The topological polar surface area (TPSA) is 120 Å². The van der Waals surface area contributed by atoms with Crippen LogP contribution in [0.3, 0.4) is 0 Å². The predicted molar refractivity (Wildman–Crippen MR) is 137 cm³/mol. The van der Waals surface area contributed by atoms with Crippen LogP contribution in [0.1, 0.15) is 33.1 Å². The lowest BCUT2D eigenvalue weighted by molar-refractivity contribution is -0.133. The number of aromatic nitrogens is 1. The molecule has 2 fully saturated rings. The van der Waals surface area contributed by atoms with Crippen molar-refractivity contribution >= 4 is 63.5 Å². The molecule has 1 unspecified atom stereocenters. The third kappa shape index (κ3) is 9.03. The lowest BCUT2D eigenvalue weighted by Crippen LogP contribution is -2.35. The monoisotopic (exact) mass is 507 g/mol. The second-order valence-electron chi connectivity index (χ2n) is 8.07. The van der Waals surface area contributed by atoms with E-state index < -0.39 is 0 Å². The van der Waals surface area contributed by atoms with E-state index >= 15 is 0 Å². The number of anilines is 1. The van der Waals surface area contributed by atoms with E-state index in [2.05, 4.69) is 20.9 Å². The Morgan fingerprint density at radius 1 is 1.38 bits per heavy atom. The molecule has 0 spiro atoms. The number of thioether (sulfide) groups is 1. The smallest absolute Gasteiger partial charge is 0.225 e. The number of carbonyl (C=O) groups excluding carboxylic acids is 4. The lowest BCUT2D eigenvalue weighted by atomic mass is 10.2. The molecule has 4 rings (SSSR count). The number of likely N-dealkylation sites (N-methyl/N-ethyl adjacent to an activating group) is 1. The second kappa shape index (κ2) is 14.7. The van der Waals surface area contributed by atoms with Gasteiger partial charge in [-0.25, -0.2) is 4.98 Å². The number of benzene rings is 1. The standard InChI is InChI=1S/C10H8N2O2S2.C9H18N2O.C4H7NO/c13-3-4-15-10-12-8-2-1-7(11-6-14)5-9(8)16-10;1-7(2)9(12)11-5-4-8(6-11)10-3;6-4-2-1-3-5-4/h1-3,5-6H,4H2,(H,11,14);7-8,10H,4-6H2,1-3H3;1-3H2,(H,5,6). The highest BCUT2D eigenvalue weighted by atomic mass is 32.2. The molecular weight excluding hydrogens is 474 g/mol. The molecule has 3 N–H and O–H groups in total. The van der Waals surface area contributed by atoms with Gasteiger partial charge in [0.1, 0.15) is 6.29 Å². The van der Waals surface area contributed by atoms with Gasteiger partial charge < -0.3 is 25.6 Å². The lowest BCUT2D eigenvalue weighted by Gasteiger charge is -2.18. The van der Waals surface area contributed by atoms with Crippen molar-refractivity contribution in [2.45, 2.75) is 43.5 Å². The van der Waals surface area contributed by atoms with Gasteiger partial charge in [-0.15, -0.1) is 11.3 Å². The van der Waals surface area contributed by atoms with Crippen molar-refractivity contribution in [1.29, 1.82) is 0 Å². The summed E-state index contributed by atoms with van der Waals surface area (Å²) in [6, 6.07) is 6.02. The molecule has 2 aliphatic rings. The minimum Gasteiger partial charge on any atom is -0.356 e. The summed E-state index contributed by atoms with van der Waals surface area (Å²) < 4.78 is 1.87. The van der Waals surface area contributed by atoms with Gasteiger partial charge in [-0.05, 0) is 38.1 Å². The number of nitrogens with zero attached hydrogens (tertiary/aromatic N) is 2. The molecule has 34 heavy (non-hydrogen) atoms. The van der Waals surface area contributed by atoms with Crippen LogP contribution in [0.2, 0.25) is 0 Å². The van der Waals surface area contributed by atoms with Crippen molar-refractivity contribution in [3.63, 3.8) is 0 Å². The van der Waals surface area contributed by atoms with E-state index in [1.165, 1.54) is 23.1 Å². The molecule has 1 atom stereocenters. The van der Waals surface area contributed by atoms with Crippen LogP contribution in [0.25, 0.3) is 10.2 Å². The number of aldehydes is 1. The Morgan fingerprint density at radius 3 is 2.71 bits per heavy atom. The highest BCUT2D eigenvalue weighted by Crippen LogP contribution is 2.30. The molecule has 2 aromatic rings. The molecule has 0 saturated carbocycles. The van der Waals surface area contributed by atoms with E-state index in [4.69, 9.17) is 0 Å². The number of fused-ring (bicyclic) bond motifs is 1. The third-order valence-electron chi connectivity index (χ3n) is 5.17.